The van der Waals surface area contributed by atoms with Crippen LogP contribution in [0.2, 0.25) is 5.02 Å². The third kappa shape index (κ3) is 3.77. The highest BCUT2D eigenvalue weighted by Crippen LogP contribution is 2.43. The number of aromatic nitrogens is 1. The first-order valence-electron chi connectivity index (χ1n) is 7.98. The lowest BCUT2D eigenvalue weighted by Gasteiger charge is -2.14. The Balaban J connectivity index is 2.03. The van der Waals surface area contributed by atoms with Crippen molar-refractivity contribution in [3.8, 4) is 5.75 Å². The Bertz CT molecular complexity index is 933. The fourth-order valence-electron chi connectivity index (χ4n) is 2.57. The van der Waals surface area contributed by atoms with Crippen LogP contribution in [0, 0.1) is 0 Å². The summed E-state index contributed by atoms with van der Waals surface area (Å²) >= 11 is 6.36. The number of sulfone groups is 1. The highest BCUT2D eigenvalue weighted by molar-refractivity contribution is 7.90. The van der Waals surface area contributed by atoms with E-state index in [4.69, 9.17) is 25.6 Å². The molecule has 0 atom stereocenters. The van der Waals surface area contributed by atoms with Gasteiger partial charge in [-0.1, -0.05) is 16.8 Å². The minimum absolute atomic E-state index is 0.0542. The highest BCUT2D eigenvalue weighted by atomic mass is 35.5. The van der Waals surface area contributed by atoms with Gasteiger partial charge in [-0.05, 0) is 25.0 Å². The van der Waals surface area contributed by atoms with E-state index in [1.807, 2.05) is 0 Å². The van der Waals surface area contributed by atoms with E-state index in [2.05, 4.69) is 5.16 Å². The fourth-order valence-corrected chi connectivity index (χ4v) is 3.75. The number of carbonyl (C=O) groups is 1. The number of hydrogen-bond acceptors (Lipinski definition) is 7. The molecule has 1 saturated carbocycles. The van der Waals surface area contributed by atoms with Crippen LogP contribution in [0.1, 0.15) is 40.4 Å². The Morgan fingerprint density at radius 3 is 2.65 bits per heavy atom. The predicted molar refractivity (Wildman–Crippen MR) is 93.8 cm³/mol. The average molecular weight is 400 g/mol. The summed E-state index contributed by atoms with van der Waals surface area (Å²) in [5, 5.41) is 3.66. The molecule has 0 aliphatic heterocycles. The molecule has 0 bridgehead atoms. The van der Waals surface area contributed by atoms with Crippen LogP contribution in [0.5, 0.6) is 5.75 Å². The Hall–Kier alpha value is -1.90. The molecule has 3 rings (SSSR count). The van der Waals surface area contributed by atoms with E-state index in [0.717, 1.165) is 19.1 Å². The van der Waals surface area contributed by atoms with E-state index in [1.165, 1.54) is 25.4 Å². The lowest BCUT2D eigenvalue weighted by molar-refractivity contribution is 0.103. The van der Waals surface area contributed by atoms with Gasteiger partial charge in [-0.15, -0.1) is 0 Å². The summed E-state index contributed by atoms with van der Waals surface area (Å²) in [6.45, 7) is 0.339. The molecule has 1 aliphatic rings. The van der Waals surface area contributed by atoms with Crippen LogP contribution < -0.4 is 4.74 Å². The maximum absolute atomic E-state index is 12.9. The first-order valence-corrected chi connectivity index (χ1v) is 10.2. The molecular weight excluding hydrogens is 382 g/mol. The van der Waals surface area contributed by atoms with Crippen molar-refractivity contribution < 1.29 is 27.2 Å². The molecule has 0 spiro atoms. The van der Waals surface area contributed by atoms with Gasteiger partial charge >= 0.3 is 0 Å². The molecule has 0 amide bonds. The first kappa shape index (κ1) is 18.9. The summed E-state index contributed by atoms with van der Waals surface area (Å²) in [6, 6.07) is 2.70. The second-order valence-corrected chi connectivity index (χ2v) is 8.44. The topological polar surface area (TPSA) is 95.7 Å². The van der Waals surface area contributed by atoms with Crippen LogP contribution in [0.25, 0.3) is 0 Å². The number of carbonyl (C=O) groups excluding carboxylic acids is 1. The lowest BCUT2D eigenvalue weighted by atomic mass is 10.0. The van der Waals surface area contributed by atoms with Gasteiger partial charge in [0.15, 0.2) is 27.1 Å². The summed E-state index contributed by atoms with van der Waals surface area (Å²) in [6.07, 6.45) is 4.31. The standard InChI is InChI=1S/C17H18ClNO6S/c1-23-7-8-24-17-13(26(2,21)22)6-5-11(14(17)18)15(20)12-9-19-25-16(12)10-3-4-10/h5-6,9-10H,3-4,7-8H2,1-2H3. The van der Waals surface area contributed by atoms with Gasteiger partial charge in [-0.25, -0.2) is 8.42 Å². The van der Waals surface area contributed by atoms with E-state index < -0.39 is 9.84 Å². The lowest BCUT2D eigenvalue weighted by Crippen LogP contribution is -2.11. The molecule has 1 aromatic heterocycles. The third-order valence-corrected chi connectivity index (χ3v) is 5.53. The van der Waals surface area contributed by atoms with Crippen LogP contribution in [0.4, 0.5) is 0 Å². The van der Waals surface area contributed by atoms with Gasteiger partial charge in [-0.3, -0.25) is 4.79 Å². The summed E-state index contributed by atoms with van der Waals surface area (Å²) in [5.74, 6) is 0.305. The largest absolute Gasteiger partial charge is 0.488 e. The van der Waals surface area contributed by atoms with Gasteiger partial charge in [0, 0.05) is 24.8 Å². The Morgan fingerprint density at radius 1 is 1.31 bits per heavy atom. The van der Waals surface area contributed by atoms with Gasteiger partial charge < -0.3 is 14.0 Å². The normalized spacial score (nSPS) is 14.4. The van der Waals surface area contributed by atoms with Crippen LogP contribution in [-0.2, 0) is 14.6 Å². The van der Waals surface area contributed by atoms with Gasteiger partial charge in [-0.2, -0.15) is 0 Å². The molecular formula is C17H18ClNO6S. The van der Waals surface area contributed by atoms with Gasteiger partial charge in [0.2, 0.25) is 0 Å². The number of nitrogens with zero attached hydrogens (tertiary/aromatic N) is 1. The molecule has 0 unspecified atom stereocenters. The number of hydrogen-bond donors (Lipinski definition) is 0. The zero-order chi connectivity index (χ0) is 18.9. The zero-order valence-electron chi connectivity index (χ0n) is 14.3. The van der Waals surface area contributed by atoms with Crippen LogP contribution in [-0.4, -0.2) is 45.9 Å². The molecule has 1 aliphatic carbocycles. The molecule has 0 N–H and O–H groups in total. The van der Waals surface area contributed by atoms with Crippen LogP contribution >= 0.6 is 11.6 Å². The molecule has 1 heterocycles. The van der Waals surface area contributed by atoms with Crippen molar-refractivity contribution in [3.63, 3.8) is 0 Å². The summed E-state index contributed by atoms with van der Waals surface area (Å²) < 4.78 is 39.7. The number of ether oxygens (including phenoxy) is 2. The molecule has 9 heteroatoms. The minimum Gasteiger partial charge on any atom is -0.488 e. The number of benzene rings is 1. The van der Waals surface area contributed by atoms with Gasteiger partial charge in [0.05, 0.1) is 23.4 Å². The highest BCUT2D eigenvalue weighted by Gasteiger charge is 2.34. The van der Waals surface area contributed by atoms with Crippen LogP contribution in [0.3, 0.4) is 0 Å². The second-order valence-electron chi connectivity index (χ2n) is 6.07. The SMILES string of the molecule is COCCOc1c(S(C)(=O)=O)ccc(C(=O)c2cnoc2C2CC2)c1Cl. The van der Waals surface area contributed by atoms with E-state index in [-0.39, 0.29) is 46.1 Å². The fraction of sp³-hybridized carbons (Fsp3) is 0.412. The van der Waals surface area contributed by atoms with Crippen molar-refractivity contribution in [1.82, 2.24) is 5.16 Å². The Labute approximate surface area is 156 Å². The second kappa shape index (κ2) is 7.38. The third-order valence-electron chi connectivity index (χ3n) is 4.03. The van der Waals surface area contributed by atoms with Gasteiger partial charge in [0.25, 0.3) is 0 Å². The maximum Gasteiger partial charge on any atom is 0.199 e. The van der Waals surface area contributed by atoms with Crippen molar-refractivity contribution in [3.05, 3.63) is 40.2 Å². The van der Waals surface area contributed by atoms with Crippen molar-refractivity contribution in [2.75, 3.05) is 26.6 Å². The van der Waals surface area contributed by atoms with Gasteiger partial charge in [0.1, 0.15) is 11.5 Å². The number of methoxy groups -OCH3 is 1. The Morgan fingerprint density at radius 2 is 2.04 bits per heavy atom. The molecule has 0 radical (unpaired) electrons. The summed E-state index contributed by atoms with van der Waals surface area (Å²) in [5.41, 5.74) is 0.473. The predicted octanol–water partition coefficient (Wildman–Crippen LogP) is 2.87. The molecule has 1 fully saturated rings. The monoisotopic (exact) mass is 399 g/mol. The summed E-state index contributed by atoms with van der Waals surface area (Å²) in [7, 11) is -2.10. The van der Waals surface area contributed by atoms with Crippen molar-refractivity contribution in [2.45, 2.75) is 23.7 Å². The smallest absolute Gasteiger partial charge is 0.199 e. The average Bonchev–Trinajstić information content (AvgIpc) is 3.31. The Kier molecular flexibility index (Phi) is 5.36. The van der Waals surface area contributed by atoms with E-state index in [0.29, 0.717) is 11.3 Å². The number of ketones is 1. The van der Waals surface area contributed by atoms with E-state index >= 15 is 0 Å². The number of halogens is 1. The van der Waals surface area contributed by atoms with Crippen molar-refractivity contribution in [1.29, 1.82) is 0 Å². The molecule has 7 nitrogen and oxygen atoms in total. The molecule has 1 aromatic carbocycles. The van der Waals surface area contributed by atoms with E-state index in [1.54, 1.807) is 0 Å². The zero-order valence-corrected chi connectivity index (χ0v) is 15.9. The summed E-state index contributed by atoms with van der Waals surface area (Å²) in [4.78, 5) is 12.8. The molecule has 0 saturated heterocycles. The molecule has 140 valence electrons. The molecule has 26 heavy (non-hydrogen) atoms. The van der Waals surface area contributed by atoms with Crippen molar-refractivity contribution >= 4 is 27.2 Å². The quantitative estimate of drug-likeness (QED) is 0.497. The maximum atomic E-state index is 12.9. The number of rotatable bonds is 8. The van der Waals surface area contributed by atoms with Crippen molar-refractivity contribution in [2.24, 2.45) is 0 Å². The minimum atomic E-state index is -3.59. The van der Waals surface area contributed by atoms with Crippen LogP contribution in [0.15, 0.2) is 27.7 Å². The van der Waals surface area contributed by atoms with E-state index in [9.17, 15) is 13.2 Å². The first-order chi connectivity index (χ1) is 12.3. The molecule has 2 aromatic rings.